The lowest BCUT2D eigenvalue weighted by Gasteiger charge is -2.05. The Kier molecular flexibility index (Phi) is 2.68. The molecule has 0 aliphatic rings. The summed E-state index contributed by atoms with van der Waals surface area (Å²) in [7, 11) is 0. The number of oxime groups is 1. The fraction of sp³-hybridized carbons (Fsp3) is 0.154. The first-order chi connectivity index (χ1) is 7.31. The number of hydrogen-bond donors (Lipinski definition) is 1. The number of nitrogens with zero attached hydrogens (tertiary/aromatic N) is 1. The first-order valence-electron chi connectivity index (χ1n) is 4.95. The van der Waals surface area contributed by atoms with Crippen LogP contribution in [0.5, 0.6) is 0 Å². The van der Waals surface area contributed by atoms with Gasteiger partial charge in [0.2, 0.25) is 0 Å². The third-order valence-corrected chi connectivity index (χ3v) is 2.50. The molecule has 0 saturated heterocycles. The third kappa shape index (κ3) is 1.99. The molecule has 1 N–H and O–H groups in total. The van der Waals surface area contributed by atoms with Gasteiger partial charge in [0, 0.05) is 6.42 Å². The molecule has 0 aromatic heterocycles. The Morgan fingerprint density at radius 3 is 2.67 bits per heavy atom. The van der Waals surface area contributed by atoms with Gasteiger partial charge >= 0.3 is 0 Å². The van der Waals surface area contributed by atoms with Crippen LogP contribution in [-0.2, 0) is 6.42 Å². The predicted octanol–water partition coefficient (Wildman–Crippen LogP) is 3.23. The molecule has 15 heavy (non-hydrogen) atoms. The topological polar surface area (TPSA) is 32.6 Å². The fourth-order valence-corrected chi connectivity index (χ4v) is 1.76. The maximum atomic E-state index is 8.66. The molecule has 0 bridgehead atoms. The van der Waals surface area contributed by atoms with Crippen LogP contribution in [0.25, 0.3) is 10.8 Å². The summed E-state index contributed by atoms with van der Waals surface area (Å²) in [6, 6.07) is 14.4. The van der Waals surface area contributed by atoms with Crippen molar-refractivity contribution in [3.63, 3.8) is 0 Å². The van der Waals surface area contributed by atoms with Crippen molar-refractivity contribution in [2.45, 2.75) is 13.3 Å². The largest absolute Gasteiger partial charge is 0.411 e. The van der Waals surface area contributed by atoms with E-state index in [0.717, 1.165) is 5.71 Å². The van der Waals surface area contributed by atoms with Crippen molar-refractivity contribution in [1.29, 1.82) is 0 Å². The molecule has 2 aromatic rings. The lowest BCUT2D eigenvalue weighted by atomic mass is 10.0. The predicted molar refractivity (Wildman–Crippen MR) is 62.5 cm³/mol. The van der Waals surface area contributed by atoms with E-state index >= 15 is 0 Å². The van der Waals surface area contributed by atoms with Gasteiger partial charge in [0.15, 0.2) is 0 Å². The lowest BCUT2D eigenvalue weighted by Crippen LogP contribution is -1.97. The van der Waals surface area contributed by atoms with Crippen molar-refractivity contribution in [3.05, 3.63) is 48.0 Å². The van der Waals surface area contributed by atoms with Gasteiger partial charge in [0.25, 0.3) is 0 Å². The van der Waals surface area contributed by atoms with E-state index in [0.29, 0.717) is 6.42 Å². The van der Waals surface area contributed by atoms with Crippen LogP contribution >= 0.6 is 0 Å². The van der Waals surface area contributed by atoms with Gasteiger partial charge in [0.1, 0.15) is 0 Å². The zero-order chi connectivity index (χ0) is 10.7. The summed E-state index contributed by atoms with van der Waals surface area (Å²) in [6.07, 6.45) is 0.692. The standard InChI is InChI=1S/C13H13NO/c1-10(14-15)9-12-7-4-6-11-5-2-3-8-13(11)12/h2-8,15H,9H2,1H3/b14-10-. The highest BCUT2D eigenvalue weighted by Gasteiger charge is 2.01. The highest BCUT2D eigenvalue weighted by molar-refractivity contribution is 5.91. The van der Waals surface area contributed by atoms with Gasteiger partial charge in [-0.2, -0.15) is 0 Å². The van der Waals surface area contributed by atoms with Gasteiger partial charge in [-0.05, 0) is 23.3 Å². The second-order valence-corrected chi connectivity index (χ2v) is 3.65. The first-order valence-corrected chi connectivity index (χ1v) is 4.95. The molecule has 2 rings (SSSR count). The smallest absolute Gasteiger partial charge is 0.0583 e. The van der Waals surface area contributed by atoms with Gasteiger partial charge in [-0.3, -0.25) is 0 Å². The molecule has 0 unspecified atom stereocenters. The Hall–Kier alpha value is -1.83. The van der Waals surface area contributed by atoms with Crippen molar-refractivity contribution < 1.29 is 5.21 Å². The minimum atomic E-state index is 0.692. The molecule has 0 aliphatic heterocycles. The molecule has 2 nitrogen and oxygen atoms in total. The van der Waals surface area contributed by atoms with Crippen molar-refractivity contribution in [2.24, 2.45) is 5.16 Å². The summed E-state index contributed by atoms with van der Waals surface area (Å²) in [4.78, 5) is 0. The maximum Gasteiger partial charge on any atom is 0.0583 e. The van der Waals surface area contributed by atoms with E-state index in [2.05, 4.69) is 29.4 Å². The van der Waals surface area contributed by atoms with E-state index in [9.17, 15) is 0 Å². The normalized spacial score (nSPS) is 11.9. The van der Waals surface area contributed by atoms with Crippen LogP contribution < -0.4 is 0 Å². The number of fused-ring (bicyclic) bond motifs is 1. The average molecular weight is 199 g/mol. The molecule has 0 aliphatic carbocycles. The van der Waals surface area contributed by atoms with E-state index < -0.39 is 0 Å². The average Bonchev–Trinajstić information content (AvgIpc) is 2.29. The molecule has 0 spiro atoms. The van der Waals surface area contributed by atoms with Crippen molar-refractivity contribution in [1.82, 2.24) is 0 Å². The molecule has 0 saturated carbocycles. The van der Waals surface area contributed by atoms with Gasteiger partial charge in [0.05, 0.1) is 5.71 Å². The zero-order valence-corrected chi connectivity index (χ0v) is 8.64. The number of rotatable bonds is 2. The van der Waals surface area contributed by atoms with Crippen molar-refractivity contribution >= 4 is 16.5 Å². The van der Waals surface area contributed by atoms with Gasteiger partial charge < -0.3 is 5.21 Å². The highest BCUT2D eigenvalue weighted by Crippen LogP contribution is 2.19. The zero-order valence-electron chi connectivity index (χ0n) is 8.64. The van der Waals surface area contributed by atoms with E-state index in [1.54, 1.807) is 0 Å². The van der Waals surface area contributed by atoms with E-state index in [1.807, 2.05) is 25.1 Å². The molecular weight excluding hydrogens is 186 g/mol. The Bertz CT molecular complexity index is 497. The molecule has 0 fully saturated rings. The molecule has 0 amide bonds. The van der Waals surface area contributed by atoms with Gasteiger partial charge in [-0.1, -0.05) is 47.6 Å². The van der Waals surface area contributed by atoms with Crippen LogP contribution in [0.1, 0.15) is 12.5 Å². The molecular formula is C13H13NO. The molecule has 2 aromatic carbocycles. The molecule has 76 valence electrons. The van der Waals surface area contributed by atoms with E-state index in [1.165, 1.54) is 16.3 Å². The Labute approximate surface area is 88.9 Å². The highest BCUT2D eigenvalue weighted by atomic mass is 16.4. The van der Waals surface area contributed by atoms with Crippen molar-refractivity contribution in [2.75, 3.05) is 0 Å². The summed E-state index contributed by atoms with van der Waals surface area (Å²) in [5, 5.41) is 14.3. The fourth-order valence-electron chi connectivity index (χ4n) is 1.76. The quantitative estimate of drug-likeness (QED) is 0.449. The van der Waals surface area contributed by atoms with Crippen LogP contribution in [-0.4, -0.2) is 10.9 Å². The molecule has 2 heteroatoms. The Morgan fingerprint density at radius 2 is 1.87 bits per heavy atom. The molecule has 0 radical (unpaired) electrons. The van der Waals surface area contributed by atoms with E-state index in [-0.39, 0.29) is 0 Å². The summed E-state index contributed by atoms with van der Waals surface area (Å²) < 4.78 is 0. The Morgan fingerprint density at radius 1 is 1.13 bits per heavy atom. The van der Waals surface area contributed by atoms with Gasteiger partial charge in [-0.15, -0.1) is 0 Å². The van der Waals surface area contributed by atoms with Crippen LogP contribution in [0, 0.1) is 0 Å². The lowest BCUT2D eigenvalue weighted by molar-refractivity contribution is 0.317. The second kappa shape index (κ2) is 4.13. The summed E-state index contributed by atoms with van der Waals surface area (Å²) in [5.74, 6) is 0. The molecule has 0 atom stereocenters. The summed E-state index contributed by atoms with van der Waals surface area (Å²) in [6.45, 7) is 1.82. The van der Waals surface area contributed by atoms with Crippen molar-refractivity contribution in [3.8, 4) is 0 Å². The van der Waals surface area contributed by atoms with Crippen LogP contribution in [0.4, 0.5) is 0 Å². The van der Waals surface area contributed by atoms with Crippen LogP contribution in [0.2, 0.25) is 0 Å². The van der Waals surface area contributed by atoms with E-state index in [4.69, 9.17) is 5.21 Å². The van der Waals surface area contributed by atoms with Crippen LogP contribution in [0.15, 0.2) is 47.6 Å². The first kappa shape index (κ1) is 9.71. The summed E-state index contributed by atoms with van der Waals surface area (Å²) in [5.41, 5.74) is 1.93. The van der Waals surface area contributed by atoms with Gasteiger partial charge in [-0.25, -0.2) is 0 Å². The molecule has 0 heterocycles. The maximum absolute atomic E-state index is 8.66. The third-order valence-electron chi connectivity index (χ3n) is 2.50. The second-order valence-electron chi connectivity index (χ2n) is 3.65. The summed E-state index contributed by atoms with van der Waals surface area (Å²) >= 11 is 0. The minimum Gasteiger partial charge on any atom is -0.411 e. The SMILES string of the molecule is C/C(Cc1cccc2ccccc12)=N/O. The minimum absolute atomic E-state index is 0.692. The Balaban J connectivity index is 2.51. The number of benzene rings is 2. The number of hydrogen-bond acceptors (Lipinski definition) is 2. The monoisotopic (exact) mass is 199 g/mol. The van der Waals surface area contributed by atoms with Crippen LogP contribution in [0.3, 0.4) is 0 Å².